The standard InChI is InChI=1S/C49H67IN4O9/c1-7-8-19-44(57)51-31-45(58)63-49(6,33-50)46(59)42(27-35(4)5)53-48(61)39(28-37-17-13-10-14-18-37)30-43(56)41(26-34(2)3)52-47(60)38(21-20-36-15-11-9-12-16-36)29-40(55)32-54-22-24-62-25-23-54/h1,9-18,34-35,38-39,41-42H,8,19-33H2,2-6H3,(H,51,57)(H,52,60)(H,53,61)/t38-,39-,41+,42+,49-/m1/s1. The van der Waals surface area contributed by atoms with E-state index < -0.39 is 59.6 Å². The molecule has 0 spiro atoms. The normalized spacial score (nSPS) is 15.8. The molecule has 1 heterocycles. The molecule has 13 nitrogen and oxygen atoms in total. The fraction of sp³-hybridized carbons (Fsp3) is 0.571. The molecular weight excluding hydrogens is 915 g/mol. The monoisotopic (exact) mass is 982 g/mol. The first-order valence-electron chi connectivity index (χ1n) is 22.1. The first-order chi connectivity index (χ1) is 30.0. The topological polar surface area (TPSA) is 177 Å². The zero-order valence-corrected chi connectivity index (χ0v) is 39.8. The molecule has 0 radical (unpaired) electrons. The molecular formula is C49H67IN4O9. The van der Waals surface area contributed by atoms with Crippen LogP contribution in [0.2, 0.25) is 0 Å². The van der Waals surface area contributed by atoms with Gasteiger partial charge in [0.15, 0.2) is 17.2 Å². The number of halogens is 1. The minimum atomic E-state index is -1.65. The van der Waals surface area contributed by atoms with Crippen LogP contribution in [0.25, 0.3) is 0 Å². The molecule has 1 aliphatic heterocycles. The number of carbonyl (C=O) groups excluding carboxylic acids is 7. The molecule has 3 rings (SSSR count). The van der Waals surface area contributed by atoms with Crippen molar-refractivity contribution in [3.63, 3.8) is 0 Å². The summed E-state index contributed by atoms with van der Waals surface area (Å²) >= 11 is 1.95. The Morgan fingerprint density at radius 1 is 0.825 bits per heavy atom. The molecule has 0 aromatic heterocycles. The zero-order chi connectivity index (χ0) is 46.4. The van der Waals surface area contributed by atoms with E-state index in [1.807, 2.05) is 116 Å². The minimum absolute atomic E-state index is 0.00403. The second-order valence-corrected chi connectivity index (χ2v) is 18.2. The number of benzene rings is 2. The van der Waals surface area contributed by atoms with Gasteiger partial charge in [-0.25, -0.2) is 0 Å². The van der Waals surface area contributed by atoms with Gasteiger partial charge in [-0.3, -0.25) is 38.5 Å². The van der Waals surface area contributed by atoms with Crippen molar-refractivity contribution in [3.05, 3.63) is 71.8 Å². The van der Waals surface area contributed by atoms with E-state index in [0.29, 0.717) is 45.6 Å². The third-order valence-corrected chi connectivity index (χ3v) is 12.4. The van der Waals surface area contributed by atoms with Gasteiger partial charge in [0.05, 0.1) is 31.8 Å². The molecule has 0 unspecified atom stereocenters. The highest BCUT2D eigenvalue weighted by molar-refractivity contribution is 14.1. The van der Waals surface area contributed by atoms with Crippen LogP contribution in [0, 0.1) is 36.0 Å². The molecule has 0 saturated carbocycles. The van der Waals surface area contributed by atoms with Crippen molar-refractivity contribution < 1.29 is 43.0 Å². The van der Waals surface area contributed by atoms with E-state index in [4.69, 9.17) is 15.9 Å². The van der Waals surface area contributed by atoms with Gasteiger partial charge in [-0.05, 0) is 62.0 Å². The van der Waals surface area contributed by atoms with Crippen molar-refractivity contribution in [1.82, 2.24) is 20.9 Å². The van der Waals surface area contributed by atoms with E-state index in [0.717, 1.165) is 11.1 Å². The Hall–Kier alpha value is -4.46. The third kappa shape index (κ3) is 19.4. The number of terminal acetylenes is 1. The van der Waals surface area contributed by atoms with Crippen molar-refractivity contribution in [2.24, 2.45) is 23.7 Å². The van der Waals surface area contributed by atoms with E-state index in [9.17, 15) is 33.6 Å². The molecule has 3 N–H and O–H groups in total. The van der Waals surface area contributed by atoms with Crippen molar-refractivity contribution >= 4 is 63.6 Å². The van der Waals surface area contributed by atoms with E-state index >= 15 is 0 Å². The van der Waals surface area contributed by atoms with Crippen LogP contribution in [-0.2, 0) is 55.9 Å². The summed E-state index contributed by atoms with van der Waals surface area (Å²) in [5, 5.41) is 8.40. The molecule has 2 aromatic carbocycles. The fourth-order valence-corrected chi connectivity index (χ4v) is 8.00. The Labute approximate surface area is 387 Å². The van der Waals surface area contributed by atoms with Crippen LogP contribution < -0.4 is 16.0 Å². The summed E-state index contributed by atoms with van der Waals surface area (Å²) in [5.74, 6) is -2.37. The first kappa shape index (κ1) is 52.9. The molecule has 0 bridgehead atoms. The summed E-state index contributed by atoms with van der Waals surface area (Å²) in [4.78, 5) is 97.8. The van der Waals surface area contributed by atoms with Gasteiger partial charge in [-0.15, -0.1) is 12.3 Å². The number of ether oxygens (including phenoxy) is 2. The molecule has 344 valence electrons. The highest BCUT2D eigenvalue weighted by Crippen LogP contribution is 2.24. The number of alkyl halides is 1. The van der Waals surface area contributed by atoms with Crippen LogP contribution in [0.4, 0.5) is 0 Å². The first-order valence-corrected chi connectivity index (χ1v) is 23.6. The predicted molar refractivity (Wildman–Crippen MR) is 251 cm³/mol. The van der Waals surface area contributed by atoms with Crippen LogP contribution in [0.3, 0.4) is 0 Å². The van der Waals surface area contributed by atoms with Gasteiger partial charge in [-0.2, -0.15) is 0 Å². The smallest absolute Gasteiger partial charge is 0.326 e. The summed E-state index contributed by atoms with van der Waals surface area (Å²) in [6, 6.07) is 17.0. The highest BCUT2D eigenvalue weighted by atomic mass is 127. The van der Waals surface area contributed by atoms with Crippen LogP contribution in [0.15, 0.2) is 60.7 Å². The maximum Gasteiger partial charge on any atom is 0.326 e. The Balaban J connectivity index is 1.85. The number of aryl methyl sites for hydroxylation is 1. The van der Waals surface area contributed by atoms with E-state index in [-0.39, 0.29) is 78.8 Å². The quantitative estimate of drug-likeness (QED) is 0.0443. The zero-order valence-electron chi connectivity index (χ0n) is 37.6. The number of rotatable bonds is 28. The lowest BCUT2D eigenvalue weighted by atomic mass is 9.87. The maximum atomic E-state index is 14.5. The number of nitrogens with one attached hydrogen (secondary N) is 3. The Kier molecular flexibility index (Phi) is 23.2. The second-order valence-electron chi connectivity index (χ2n) is 17.5. The van der Waals surface area contributed by atoms with Crippen LogP contribution >= 0.6 is 22.6 Å². The van der Waals surface area contributed by atoms with Gasteiger partial charge < -0.3 is 25.4 Å². The number of morpholine rings is 1. The van der Waals surface area contributed by atoms with Crippen molar-refractivity contribution in [1.29, 1.82) is 0 Å². The molecule has 3 amide bonds. The van der Waals surface area contributed by atoms with Gasteiger partial charge in [0.2, 0.25) is 17.7 Å². The Morgan fingerprint density at radius 3 is 1.98 bits per heavy atom. The predicted octanol–water partition coefficient (Wildman–Crippen LogP) is 5.24. The molecule has 2 aromatic rings. The van der Waals surface area contributed by atoms with Crippen molar-refractivity contribution in [2.45, 2.75) is 110 Å². The maximum absolute atomic E-state index is 14.5. The molecule has 1 fully saturated rings. The number of nitrogens with zero attached hydrogens (tertiary/aromatic N) is 1. The molecule has 5 atom stereocenters. The van der Waals surface area contributed by atoms with E-state index in [2.05, 4.69) is 21.9 Å². The second kappa shape index (κ2) is 27.7. The average molecular weight is 983 g/mol. The van der Waals surface area contributed by atoms with E-state index in [1.165, 1.54) is 6.92 Å². The van der Waals surface area contributed by atoms with Crippen molar-refractivity contribution in [2.75, 3.05) is 43.8 Å². The minimum Gasteiger partial charge on any atom is -0.449 e. The van der Waals surface area contributed by atoms with Gasteiger partial charge in [-0.1, -0.05) is 111 Å². The van der Waals surface area contributed by atoms with Crippen LogP contribution in [-0.4, -0.2) is 107 Å². The van der Waals surface area contributed by atoms with Crippen LogP contribution in [0.1, 0.15) is 90.7 Å². The van der Waals surface area contributed by atoms with E-state index in [1.54, 1.807) is 0 Å². The van der Waals surface area contributed by atoms with Gasteiger partial charge in [0, 0.05) is 55.0 Å². The summed E-state index contributed by atoms with van der Waals surface area (Å²) < 4.78 is 11.2. The number of carbonyl (C=O) groups is 7. The Bertz CT molecular complexity index is 1850. The van der Waals surface area contributed by atoms with Crippen LogP contribution in [0.5, 0.6) is 0 Å². The number of hydrogen-bond acceptors (Lipinski definition) is 10. The van der Waals surface area contributed by atoms with Gasteiger partial charge in [0.1, 0.15) is 12.3 Å². The lowest BCUT2D eigenvalue weighted by molar-refractivity contribution is -0.164. The number of amides is 3. The summed E-state index contributed by atoms with van der Waals surface area (Å²) in [5.41, 5.74) is 0.190. The SMILES string of the molecule is C#CCCC(=O)NCC(=O)O[C@](C)(CI)C(=O)[C@H](CC(C)C)NC(=O)[C@@H](CC(=O)[C@H](CC(C)C)NC(=O)[C@H](CCc1ccccc1)CC(=O)CN1CCOCC1)Cc1ccccc1. The molecule has 63 heavy (non-hydrogen) atoms. The molecule has 0 aliphatic carbocycles. The van der Waals surface area contributed by atoms with Gasteiger partial charge in [0.25, 0.3) is 0 Å². The lowest BCUT2D eigenvalue weighted by Crippen LogP contribution is -2.55. The fourth-order valence-electron chi connectivity index (χ4n) is 7.47. The number of hydrogen-bond donors (Lipinski definition) is 3. The summed E-state index contributed by atoms with van der Waals surface area (Å²) in [7, 11) is 0. The third-order valence-electron chi connectivity index (χ3n) is 10.9. The summed E-state index contributed by atoms with van der Waals surface area (Å²) in [6.07, 6.45) is 6.96. The number of esters is 1. The average Bonchev–Trinajstić information content (AvgIpc) is 3.25. The molecule has 1 aliphatic rings. The van der Waals surface area contributed by atoms with Gasteiger partial charge >= 0.3 is 5.97 Å². The van der Waals surface area contributed by atoms with Crippen molar-refractivity contribution in [3.8, 4) is 12.3 Å². The largest absolute Gasteiger partial charge is 0.449 e. The highest BCUT2D eigenvalue weighted by Gasteiger charge is 2.42. The number of Topliss-reactive ketones (excluding diaryl/α,β-unsaturated/α-hetero) is 3. The lowest BCUT2D eigenvalue weighted by Gasteiger charge is -2.32. The molecule has 1 saturated heterocycles. The number of ketones is 3. The molecule has 14 heteroatoms. The Morgan fingerprint density at radius 2 is 1.40 bits per heavy atom. The summed E-state index contributed by atoms with van der Waals surface area (Å²) in [6.45, 7) is 11.3.